The Hall–Kier alpha value is -1.30. The Bertz CT molecular complexity index is 1130. The highest BCUT2D eigenvalue weighted by Gasteiger charge is 2.47. The van der Waals surface area contributed by atoms with E-state index >= 15 is 0 Å². The molecule has 0 radical (unpaired) electrons. The first-order valence-electron chi connectivity index (χ1n) is 11.9. The molecule has 2 aromatic rings. The van der Waals surface area contributed by atoms with E-state index in [9.17, 15) is 4.79 Å². The Morgan fingerprint density at radius 1 is 1.46 bits per heavy atom. The zero-order valence-corrected chi connectivity index (χ0v) is 24.4. The lowest BCUT2D eigenvalue weighted by atomic mass is 9.81. The van der Waals surface area contributed by atoms with Crippen molar-refractivity contribution in [2.45, 2.75) is 49.1 Å². The first-order valence-corrected chi connectivity index (χ1v) is 16.2. The van der Waals surface area contributed by atoms with Gasteiger partial charge in [0.15, 0.2) is 0 Å². The maximum atomic E-state index is 12.9. The SMILES string of the molecule is C=C/C(=C\N=C)C(CC(=O)NCC1SC(Cc2ccc3c(cnn3SI)c2)C1N(C)C)C1(C)CC1. The van der Waals surface area contributed by atoms with Crippen LogP contribution < -0.4 is 5.32 Å². The Morgan fingerprint density at radius 3 is 2.86 bits per heavy atom. The van der Waals surface area contributed by atoms with Crippen LogP contribution in [-0.2, 0) is 11.2 Å². The number of aromatic nitrogens is 2. The molecule has 4 atom stereocenters. The summed E-state index contributed by atoms with van der Waals surface area (Å²) in [6, 6.07) is 7.07. The van der Waals surface area contributed by atoms with Gasteiger partial charge in [-0.25, -0.2) is 0 Å². The molecule has 2 fully saturated rings. The molecule has 4 unspecified atom stereocenters. The molecule has 2 heterocycles. The highest BCUT2D eigenvalue weighted by Crippen LogP contribution is 2.55. The van der Waals surface area contributed by atoms with Gasteiger partial charge in [-0.1, -0.05) is 25.6 Å². The lowest BCUT2D eigenvalue weighted by Crippen LogP contribution is -2.58. The number of hydrogen-bond donors (Lipinski definition) is 1. The maximum Gasteiger partial charge on any atom is 0.220 e. The monoisotopic (exact) mass is 623 g/mol. The summed E-state index contributed by atoms with van der Waals surface area (Å²) >= 11 is 4.24. The number of hydrogen-bond acceptors (Lipinski definition) is 6. The van der Waals surface area contributed by atoms with Crippen molar-refractivity contribution >= 4 is 65.6 Å². The molecule has 0 bridgehead atoms. The van der Waals surface area contributed by atoms with Gasteiger partial charge in [0.1, 0.15) is 0 Å². The molecule has 4 rings (SSSR count). The van der Waals surface area contributed by atoms with Crippen LogP contribution in [0, 0.1) is 11.3 Å². The van der Waals surface area contributed by atoms with Gasteiger partial charge in [-0.15, -0.1) is 11.8 Å². The first-order chi connectivity index (χ1) is 16.8. The molecule has 35 heavy (non-hydrogen) atoms. The molecule has 1 saturated carbocycles. The van der Waals surface area contributed by atoms with E-state index in [1.807, 2.05) is 28.1 Å². The number of fused-ring (bicyclic) bond motifs is 1. The highest BCUT2D eigenvalue weighted by molar-refractivity contribution is 14.2. The molecule has 1 aromatic carbocycles. The Balaban J connectivity index is 1.34. The van der Waals surface area contributed by atoms with Gasteiger partial charge in [-0.05, 0) is 74.7 Å². The van der Waals surface area contributed by atoms with Crippen LogP contribution in [0.5, 0.6) is 0 Å². The molecule has 2 aliphatic rings. The van der Waals surface area contributed by atoms with Crippen LogP contribution >= 0.6 is 42.1 Å². The minimum absolute atomic E-state index is 0.108. The molecule has 9 heteroatoms. The van der Waals surface area contributed by atoms with E-state index in [0.717, 1.165) is 30.4 Å². The second kappa shape index (κ2) is 11.4. The van der Waals surface area contributed by atoms with Crippen LogP contribution in [0.1, 0.15) is 31.7 Å². The summed E-state index contributed by atoms with van der Waals surface area (Å²) in [5, 5.41) is 9.74. The fourth-order valence-corrected chi connectivity index (χ4v) is 8.28. The van der Waals surface area contributed by atoms with Crippen LogP contribution in [0.4, 0.5) is 0 Å². The van der Waals surface area contributed by atoms with Crippen LogP contribution in [0.15, 0.2) is 53.8 Å². The number of nitrogens with one attached hydrogen (secondary N) is 1. The molecule has 1 amide bonds. The van der Waals surface area contributed by atoms with Gasteiger partial charge < -0.3 is 10.2 Å². The van der Waals surface area contributed by atoms with E-state index in [2.05, 4.69) is 94.0 Å². The third-order valence-corrected chi connectivity index (χ3v) is 10.6. The zero-order valence-electron chi connectivity index (χ0n) is 20.6. The van der Waals surface area contributed by atoms with Crippen molar-refractivity contribution in [3.63, 3.8) is 0 Å². The van der Waals surface area contributed by atoms with Crippen molar-refractivity contribution in [3.05, 3.63) is 54.4 Å². The van der Waals surface area contributed by atoms with Crippen molar-refractivity contribution in [1.82, 2.24) is 19.4 Å². The smallest absolute Gasteiger partial charge is 0.220 e. The zero-order chi connectivity index (χ0) is 25.2. The van der Waals surface area contributed by atoms with Crippen LogP contribution in [-0.4, -0.2) is 63.9 Å². The number of thioether (sulfide) groups is 1. The van der Waals surface area contributed by atoms with Gasteiger partial charge in [0.05, 0.1) is 11.7 Å². The second-order valence-corrected chi connectivity index (χ2v) is 13.2. The molecule has 1 aliphatic carbocycles. The average molecular weight is 624 g/mol. The Kier molecular flexibility index (Phi) is 8.71. The number of benzene rings is 1. The van der Waals surface area contributed by atoms with E-state index in [0.29, 0.717) is 29.5 Å². The number of nitrogens with zero attached hydrogens (tertiary/aromatic N) is 4. The van der Waals surface area contributed by atoms with E-state index in [-0.39, 0.29) is 17.2 Å². The molecular weight excluding hydrogens is 589 g/mol. The van der Waals surface area contributed by atoms with Gasteiger partial charge >= 0.3 is 0 Å². The van der Waals surface area contributed by atoms with Crippen LogP contribution in [0.3, 0.4) is 0 Å². The third kappa shape index (κ3) is 5.99. The maximum absolute atomic E-state index is 12.9. The van der Waals surface area contributed by atoms with E-state index in [1.54, 1.807) is 15.3 Å². The summed E-state index contributed by atoms with van der Waals surface area (Å²) in [7, 11) is 5.87. The number of halogens is 1. The lowest BCUT2D eigenvalue weighted by molar-refractivity contribution is -0.122. The summed E-state index contributed by atoms with van der Waals surface area (Å²) in [5.74, 6) is 0.249. The number of carbonyl (C=O) groups excluding carboxylic acids is 1. The number of rotatable bonds is 12. The summed E-state index contributed by atoms with van der Waals surface area (Å²) in [6.07, 6.45) is 9.28. The first kappa shape index (κ1) is 26.8. The molecule has 188 valence electrons. The van der Waals surface area contributed by atoms with Crippen molar-refractivity contribution in [1.29, 1.82) is 0 Å². The van der Waals surface area contributed by atoms with E-state index in [4.69, 9.17) is 0 Å². The molecule has 1 saturated heterocycles. The summed E-state index contributed by atoms with van der Waals surface area (Å²) in [6.45, 7) is 10.5. The van der Waals surface area contributed by atoms with E-state index < -0.39 is 0 Å². The van der Waals surface area contributed by atoms with Gasteiger partial charge in [0, 0.05) is 71.4 Å². The summed E-state index contributed by atoms with van der Waals surface area (Å²) in [5.41, 5.74) is 3.66. The predicted octanol–water partition coefficient (Wildman–Crippen LogP) is 5.53. The number of aliphatic imine (C=N–C) groups is 1. The summed E-state index contributed by atoms with van der Waals surface area (Å²) < 4.78 is 1.94. The number of amides is 1. The Labute approximate surface area is 229 Å². The molecule has 1 aromatic heterocycles. The quantitative estimate of drug-likeness (QED) is 0.192. The largest absolute Gasteiger partial charge is 0.355 e. The lowest BCUT2D eigenvalue weighted by Gasteiger charge is -2.48. The van der Waals surface area contributed by atoms with Crippen molar-refractivity contribution < 1.29 is 4.79 Å². The van der Waals surface area contributed by atoms with Crippen molar-refractivity contribution in [3.8, 4) is 0 Å². The van der Waals surface area contributed by atoms with Crippen molar-refractivity contribution in [2.75, 3.05) is 20.6 Å². The van der Waals surface area contributed by atoms with Crippen LogP contribution in [0.2, 0.25) is 0 Å². The molecule has 6 nitrogen and oxygen atoms in total. The molecule has 1 N–H and O–H groups in total. The molecule has 0 spiro atoms. The Morgan fingerprint density at radius 2 is 2.23 bits per heavy atom. The fraction of sp³-hybridized carbons (Fsp3) is 0.500. The molecule has 1 aliphatic heterocycles. The van der Waals surface area contributed by atoms with Gasteiger partial charge in [-0.3, -0.25) is 9.79 Å². The third-order valence-electron chi connectivity index (χ3n) is 7.46. The number of carbonyl (C=O) groups is 1. The van der Waals surface area contributed by atoms with Gasteiger partial charge in [0.25, 0.3) is 0 Å². The minimum atomic E-state index is 0.108. The van der Waals surface area contributed by atoms with Crippen molar-refractivity contribution in [2.24, 2.45) is 16.3 Å². The van der Waals surface area contributed by atoms with Crippen LogP contribution in [0.25, 0.3) is 10.9 Å². The molecular formula is C26H34IN5OS2. The minimum Gasteiger partial charge on any atom is -0.355 e. The van der Waals surface area contributed by atoms with Gasteiger partial charge in [-0.2, -0.15) is 9.19 Å². The van der Waals surface area contributed by atoms with Gasteiger partial charge in [0.2, 0.25) is 5.91 Å². The topological polar surface area (TPSA) is 62.5 Å². The second-order valence-electron chi connectivity index (χ2n) is 10.1. The highest BCUT2D eigenvalue weighted by atomic mass is 127. The normalized spacial score (nSPS) is 24.1. The predicted molar refractivity (Wildman–Crippen MR) is 159 cm³/mol. The fourth-order valence-electron chi connectivity index (χ4n) is 5.19. The summed E-state index contributed by atoms with van der Waals surface area (Å²) in [4.78, 5) is 19.2. The standard InChI is InChI=1S/C26H34IN5OS2/c1-6-18(14-28-3)20(26(2)9-10-26)13-24(33)29-16-23-25(31(4)5)22(34-23)12-17-7-8-21-19(11-17)15-30-32(21)35-27/h6-8,11,14-15,20,22-23,25H,1,3,9-10,12-13,16H2,2,4-5H3,(H,29,33)/b18-14+. The van der Waals surface area contributed by atoms with E-state index in [1.165, 1.54) is 10.9 Å². The average Bonchev–Trinajstić information content (AvgIpc) is 3.43. The number of allylic oxidation sites excluding steroid dienone is 2.